The van der Waals surface area contributed by atoms with E-state index < -0.39 is 11.9 Å². The molecule has 1 saturated carbocycles. The third-order valence-electron chi connectivity index (χ3n) is 6.77. The average Bonchev–Trinajstić information content (AvgIpc) is 3.42. The molecule has 0 bridgehead atoms. The van der Waals surface area contributed by atoms with Gasteiger partial charge in [-0.3, -0.25) is 9.59 Å². The summed E-state index contributed by atoms with van der Waals surface area (Å²) in [6, 6.07) is 19.4. The van der Waals surface area contributed by atoms with Crippen molar-refractivity contribution in [1.29, 1.82) is 0 Å². The first kappa shape index (κ1) is 28.1. The lowest BCUT2D eigenvalue weighted by molar-refractivity contribution is -0.139. The van der Waals surface area contributed by atoms with Crippen molar-refractivity contribution in [1.82, 2.24) is 10.2 Å². The minimum Gasteiger partial charge on any atom is -0.352 e. The molecule has 0 aromatic heterocycles. The quantitative estimate of drug-likeness (QED) is 0.291. The molecular weight excluding hydrogens is 526 g/mol. The van der Waals surface area contributed by atoms with E-state index >= 15 is 0 Å². The molecule has 0 saturated heterocycles. The fraction of sp³-hybridized carbons (Fsp3) is 0.333. The Hall–Kier alpha value is -2.90. The number of hydrogen-bond acceptors (Lipinski definition) is 3. The van der Waals surface area contributed by atoms with Gasteiger partial charge in [0.2, 0.25) is 11.8 Å². The molecule has 0 aliphatic heterocycles. The standard InChI is InChI=1S/C30H31ClF2N2O2S/c31-26-11-6-12-27(33)25(26)19-38-20-29(36)35(18-22-13-15-23(32)16-14-22)28(17-21-7-2-1-3-8-21)30(37)34-24-9-4-5-10-24/h1-3,6-8,11-16,24,28H,4-5,9-10,17-20H2,(H,34,37)/t28-/m0/s1. The summed E-state index contributed by atoms with van der Waals surface area (Å²) in [6.07, 6.45) is 4.34. The van der Waals surface area contributed by atoms with E-state index in [2.05, 4.69) is 5.32 Å². The molecule has 0 unspecified atom stereocenters. The number of thioether (sulfide) groups is 1. The van der Waals surface area contributed by atoms with E-state index in [1.54, 1.807) is 29.2 Å². The largest absolute Gasteiger partial charge is 0.352 e. The van der Waals surface area contributed by atoms with Gasteiger partial charge in [0.1, 0.15) is 17.7 Å². The molecule has 3 aromatic carbocycles. The first-order valence-corrected chi connectivity index (χ1v) is 14.3. The summed E-state index contributed by atoms with van der Waals surface area (Å²) >= 11 is 7.40. The van der Waals surface area contributed by atoms with E-state index in [0.717, 1.165) is 31.2 Å². The third kappa shape index (κ3) is 7.81. The first-order chi connectivity index (χ1) is 18.4. The molecule has 0 spiro atoms. The van der Waals surface area contributed by atoms with Crippen molar-refractivity contribution >= 4 is 35.2 Å². The van der Waals surface area contributed by atoms with Gasteiger partial charge in [-0.05, 0) is 48.2 Å². The number of carbonyl (C=O) groups is 2. The molecule has 4 nitrogen and oxygen atoms in total. The van der Waals surface area contributed by atoms with Crippen molar-refractivity contribution in [3.8, 4) is 0 Å². The molecule has 1 aliphatic rings. The molecule has 2 amide bonds. The van der Waals surface area contributed by atoms with Crippen molar-refractivity contribution in [2.45, 2.75) is 56.5 Å². The second-order valence-corrected chi connectivity index (χ2v) is 10.9. The van der Waals surface area contributed by atoms with Gasteiger partial charge in [0.15, 0.2) is 0 Å². The zero-order valence-electron chi connectivity index (χ0n) is 21.0. The molecule has 4 rings (SSSR count). The van der Waals surface area contributed by atoms with Crippen LogP contribution < -0.4 is 5.32 Å². The van der Waals surface area contributed by atoms with Crippen LogP contribution in [0.4, 0.5) is 8.78 Å². The minimum atomic E-state index is -0.756. The number of rotatable bonds is 11. The fourth-order valence-corrected chi connectivity index (χ4v) is 5.95. The molecule has 38 heavy (non-hydrogen) atoms. The van der Waals surface area contributed by atoms with Crippen LogP contribution in [0.1, 0.15) is 42.4 Å². The molecule has 1 N–H and O–H groups in total. The van der Waals surface area contributed by atoms with Crippen LogP contribution in [0.3, 0.4) is 0 Å². The molecular formula is C30H31ClF2N2O2S. The van der Waals surface area contributed by atoms with Crippen LogP contribution in [0.15, 0.2) is 72.8 Å². The van der Waals surface area contributed by atoms with Gasteiger partial charge < -0.3 is 10.2 Å². The van der Waals surface area contributed by atoms with Gasteiger partial charge in [-0.15, -0.1) is 11.8 Å². The van der Waals surface area contributed by atoms with Gasteiger partial charge in [-0.2, -0.15) is 0 Å². The van der Waals surface area contributed by atoms with Gasteiger partial charge in [0.05, 0.1) is 5.75 Å². The molecule has 3 aromatic rings. The zero-order valence-corrected chi connectivity index (χ0v) is 22.6. The Morgan fingerprint density at radius 2 is 1.66 bits per heavy atom. The lowest BCUT2D eigenvalue weighted by atomic mass is 10.0. The van der Waals surface area contributed by atoms with Gasteiger partial charge in [0, 0.05) is 35.3 Å². The van der Waals surface area contributed by atoms with Crippen LogP contribution in [0.2, 0.25) is 5.02 Å². The highest BCUT2D eigenvalue weighted by atomic mass is 35.5. The summed E-state index contributed by atoms with van der Waals surface area (Å²) in [4.78, 5) is 28.9. The van der Waals surface area contributed by atoms with E-state index in [1.807, 2.05) is 30.3 Å². The van der Waals surface area contributed by atoms with Crippen molar-refractivity contribution in [2.24, 2.45) is 0 Å². The number of nitrogens with one attached hydrogen (secondary N) is 1. The number of carbonyl (C=O) groups excluding carboxylic acids is 2. The van der Waals surface area contributed by atoms with Crippen molar-refractivity contribution < 1.29 is 18.4 Å². The zero-order chi connectivity index (χ0) is 26.9. The Kier molecular flexibility index (Phi) is 10.2. The summed E-state index contributed by atoms with van der Waals surface area (Å²) in [5, 5.41) is 3.47. The van der Waals surface area contributed by atoms with E-state index in [4.69, 9.17) is 11.6 Å². The highest BCUT2D eigenvalue weighted by Gasteiger charge is 2.32. The van der Waals surface area contributed by atoms with Crippen molar-refractivity contribution in [3.63, 3.8) is 0 Å². The van der Waals surface area contributed by atoms with Crippen molar-refractivity contribution in [3.05, 3.63) is 106 Å². The van der Waals surface area contributed by atoms with Gasteiger partial charge in [-0.25, -0.2) is 8.78 Å². The second-order valence-electron chi connectivity index (χ2n) is 9.54. The van der Waals surface area contributed by atoms with Crippen LogP contribution >= 0.6 is 23.4 Å². The number of halogens is 3. The number of nitrogens with zero attached hydrogens (tertiary/aromatic N) is 1. The topological polar surface area (TPSA) is 49.4 Å². The molecule has 0 heterocycles. The van der Waals surface area contributed by atoms with Crippen LogP contribution in [-0.4, -0.2) is 34.6 Å². The summed E-state index contributed by atoms with van der Waals surface area (Å²) < 4.78 is 27.8. The summed E-state index contributed by atoms with van der Waals surface area (Å²) in [7, 11) is 0. The maximum atomic E-state index is 14.2. The molecule has 1 atom stereocenters. The summed E-state index contributed by atoms with van der Waals surface area (Å²) in [5.41, 5.74) is 1.99. The Morgan fingerprint density at radius 1 is 0.947 bits per heavy atom. The maximum Gasteiger partial charge on any atom is 0.243 e. The minimum absolute atomic E-state index is 0.0356. The predicted molar refractivity (Wildman–Crippen MR) is 149 cm³/mol. The Morgan fingerprint density at radius 3 is 2.34 bits per heavy atom. The Bertz CT molecular complexity index is 1200. The van der Waals surface area contributed by atoms with Gasteiger partial charge in [0.25, 0.3) is 0 Å². The Labute approximate surface area is 231 Å². The van der Waals surface area contributed by atoms with Crippen LogP contribution in [0, 0.1) is 11.6 Å². The second kappa shape index (κ2) is 13.8. The Balaban J connectivity index is 1.57. The van der Waals surface area contributed by atoms with Crippen LogP contribution in [0.5, 0.6) is 0 Å². The monoisotopic (exact) mass is 556 g/mol. The maximum absolute atomic E-state index is 14.2. The molecule has 200 valence electrons. The third-order valence-corrected chi connectivity index (χ3v) is 8.07. The molecule has 8 heteroatoms. The number of benzene rings is 3. The molecule has 1 fully saturated rings. The first-order valence-electron chi connectivity index (χ1n) is 12.8. The summed E-state index contributed by atoms with van der Waals surface area (Å²) in [5.74, 6) is -0.984. The smallest absolute Gasteiger partial charge is 0.243 e. The van der Waals surface area contributed by atoms with E-state index in [-0.39, 0.29) is 41.7 Å². The average molecular weight is 557 g/mol. The highest BCUT2D eigenvalue weighted by molar-refractivity contribution is 7.99. The van der Waals surface area contributed by atoms with E-state index in [9.17, 15) is 18.4 Å². The van der Waals surface area contributed by atoms with Crippen molar-refractivity contribution in [2.75, 3.05) is 5.75 Å². The van der Waals surface area contributed by atoms with Crippen LogP contribution in [-0.2, 0) is 28.3 Å². The van der Waals surface area contributed by atoms with E-state index in [0.29, 0.717) is 22.6 Å². The lowest BCUT2D eigenvalue weighted by Gasteiger charge is -2.32. The summed E-state index contributed by atoms with van der Waals surface area (Å²) in [6.45, 7) is 0.149. The SMILES string of the molecule is O=C(NC1CCCC1)[C@H](Cc1ccccc1)N(Cc1ccc(F)cc1)C(=O)CSCc1c(F)cccc1Cl. The predicted octanol–water partition coefficient (Wildman–Crippen LogP) is 6.55. The lowest BCUT2D eigenvalue weighted by Crippen LogP contribution is -2.52. The highest BCUT2D eigenvalue weighted by Crippen LogP contribution is 2.25. The van der Waals surface area contributed by atoms with E-state index in [1.165, 1.54) is 30.0 Å². The molecule has 0 radical (unpaired) electrons. The number of amides is 2. The molecule has 1 aliphatic carbocycles. The number of hydrogen-bond donors (Lipinski definition) is 1. The van der Waals surface area contributed by atoms with Crippen LogP contribution in [0.25, 0.3) is 0 Å². The van der Waals surface area contributed by atoms with Gasteiger partial charge in [-0.1, -0.05) is 73.0 Å². The normalized spacial score (nSPS) is 14.3. The fourth-order valence-electron chi connectivity index (χ4n) is 4.70. The van der Waals surface area contributed by atoms with Gasteiger partial charge >= 0.3 is 0 Å².